The van der Waals surface area contributed by atoms with E-state index in [-0.39, 0.29) is 0 Å². The van der Waals surface area contributed by atoms with Crippen molar-refractivity contribution in [3.63, 3.8) is 0 Å². The number of benzene rings is 3. The Balaban J connectivity index is 1.69. The lowest BCUT2D eigenvalue weighted by Gasteiger charge is -2.24. The van der Waals surface area contributed by atoms with Gasteiger partial charge in [-0.1, -0.05) is 49.6 Å². The standard InChI is InChI=1S/C24H25N3O/c1-28-20-14-12-19(13-15-20)27-24(25-18-8-3-2-4-9-18)22-16-11-17-7-5-6-10-21(17)23(22)26-27/h5-7,10-16,18,25H,2-4,8-9H2,1H3. The maximum absolute atomic E-state index is 5.33. The predicted octanol–water partition coefficient (Wildman–Crippen LogP) is 5.93. The first-order valence-corrected chi connectivity index (χ1v) is 10.1. The van der Waals surface area contributed by atoms with E-state index in [9.17, 15) is 0 Å². The molecule has 4 aromatic rings. The summed E-state index contributed by atoms with van der Waals surface area (Å²) in [6, 6.07) is 21.5. The summed E-state index contributed by atoms with van der Waals surface area (Å²) in [5, 5.41) is 12.5. The van der Waals surface area contributed by atoms with E-state index < -0.39 is 0 Å². The zero-order chi connectivity index (χ0) is 18.9. The molecule has 1 fully saturated rings. The normalized spacial score (nSPS) is 15.2. The van der Waals surface area contributed by atoms with Crippen molar-refractivity contribution in [1.29, 1.82) is 0 Å². The van der Waals surface area contributed by atoms with Gasteiger partial charge in [-0.05, 0) is 48.6 Å². The lowest BCUT2D eigenvalue weighted by molar-refractivity contribution is 0.414. The maximum atomic E-state index is 5.33. The van der Waals surface area contributed by atoms with Crippen molar-refractivity contribution in [3.8, 4) is 11.4 Å². The lowest BCUT2D eigenvalue weighted by Crippen LogP contribution is -2.23. The van der Waals surface area contributed by atoms with Crippen LogP contribution >= 0.6 is 0 Å². The fourth-order valence-electron chi connectivity index (χ4n) is 4.31. The van der Waals surface area contributed by atoms with Crippen LogP contribution in [0.2, 0.25) is 0 Å². The molecule has 142 valence electrons. The summed E-state index contributed by atoms with van der Waals surface area (Å²) in [7, 11) is 1.69. The summed E-state index contributed by atoms with van der Waals surface area (Å²) in [6.45, 7) is 0. The van der Waals surface area contributed by atoms with Gasteiger partial charge in [0, 0.05) is 16.8 Å². The average Bonchev–Trinajstić information content (AvgIpc) is 3.13. The predicted molar refractivity (Wildman–Crippen MR) is 116 cm³/mol. The number of hydrogen-bond acceptors (Lipinski definition) is 3. The second-order valence-corrected chi connectivity index (χ2v) is 7.62. The van der Waals surface area contributed by atoms with Crippen LogP contribution in [0.5, 0.6) is 5.75 Å². The Labute approximate surface area is 165 Å². The maximum Gasteiger partial charge on any atom is 0.137 e. The van der Waals surface area contributed by atoms with Crippen molar-refractivity contribution in [2.75, 3.05) is 12.4 Å². The largest absolute Gasteiger partial charge is 0.497 e. The first-order valence-electron chi connectivity index (χ1n) is 10.1. The molecule has 4 heteroatoms. The third-order valence-corrected chi connectivity index (χ3v) is 5.83. The van der Waals surface area contributed by atoms with Gasteiger partial charge in [0.25, 0.3) is 0 Å². The van der Waals surface area contributed by atoms with E-state index in [0.29, 0.717) is 6.04 Å². The molecule has 0 radical (unpaired) electrons. The summed E-state index contributed by atoms with van der Waals surface area (Å²) in [5.41, 5.74) is 2.09. The van der Waals surface area contributed by atoms with Crippen LogP contribution in [0.1, 0.15) is 32.1 Å². The van der Waals surface area contributed by atoms with Gasteiger partial charge < -0.3 is 10.1 Å². The van der Waals surface area contributed by atoms with E-state index in [2.05, 4.69) is 58.5 Å². The highest BCUT2D eigenvalue weighted by atomic mass is 16.5. The van der Waals surface area contributed by atoms with Gasteiger partial charge in [-0.2, -0.15) is 5.10 Å². The molecule has 1 N–H and O–H groups in total. The van der Waals surface area contributed by atoms with E-state index in [0.717, 1.165) is 22.8 Å². The van der Waals surface area contributed by atoms with Gasteiger partial charge in [-0.3, -0.25) is 0 Å². The first kappa shape index (κ1) is 17.1. The Kier molecular flexibility index (Phi) is 4.40. The molecule has 0 aliphatic heterocycles. The van der Waals surface area contributed by atoms with Crippen molar-refractivity contribution in [3.05, 3.63) is 60.7 Å². The Morgan fingerprint density at radius 2 is 1.68 bits per heavy atom. The van der Waals surface area contributed by atoms with Gasteiger partial charge in [0.2, 0.25) is 0 Å². The van der Waals surface area contributed by atoms with Crippen molar-refractivity contribution in [2.45, 2.75) is 38.1 Å². The highest BCUT2D eigenvalue weighted by Gasteiger charge is 2.20. The molecule has 1 aliphatic carbocycles. The summed E-state index contributed by atoms with van der Waals surface area (Å²) in [4.78, 5) is 0. The molecule has 0 amide bonds. The molecule has 0 atom stereocenters. The molecule has 5 rings (SSSR count). The number of rotatable bonds is 4. The molecule has 0 unspecified atom stereocenters. The molecule has 1 heterocycles. The van der Waals surface area contributed by atoms with E-state index in [1.807, 2.05) is 12.1 Å². The number of fused-ring (bicyclic) bond motifs is 3. The topological polar surface area (TPSA) is 39.1 Å². The molecule has 0 bridgehead atoms. The van der Waals surface area contributed by atoms with Gasteiger partial charge in [0.05, 0.1) is 12.8 Å². The quantitative estimate of drug-likeness (QED) is 0.483. The SMILES string of the molecule is COc1ccc(-n2nc3c(ccc4ccccc43)c2NC2CCCCC2)cc1. The minimum atomic E-state index is 0.511. The van der Waals surface area contributed by atoms with Crippen molar-refractivity contribution in [2.24, 2.45) is 0 Å². The summed E-state index contributed by atoms with van der Waals surface area (Å²) < 4.78 is 7.39. The second kappa shape index (κ2) is 7.19. The lowest BCUT2D eigenvalue weighted by atomic mass is 9.95. The molecule has 1 aromatic heterocycles. The molecule has 1 aliphatic rings. The third-order valence-electron chi connectivity index (χ3n) is 5.83. The zero-order valence-electron chi connectivity index (χ0n) is 16.2. The van der Waals surface area contributed by atoms with E-state index in [4.69, 9.17) is 9.84 Å². The van der Waals surface area contributed by atoms with Crippen LogP contribution in [0.3, 0.4) is 0 Å². The molecule has 0 spiro atoms. The Bertz CT molecular complexity index is 1110. The van der Waals surface area contributed by atoms with Gasteiger partial charge in [-0.25, -0.2) is 4.68 Å². The number of hydrogen-bond donors (Lipinski definition) is 1. The minimum Gasteiger partial charge on any atom is -0.497 e. The molecular weight excluding hydrogens is 346 g/mol. The second-order valence-electron chi connectivity index (χ2n) is 7.62. The fraction of sp³-hybridized carbons (Fsp3) is 0.292. The van der Waals surface area contributed by atoms with Crippen LogP contribution in [0.4, 0.5) is 5.82 Å². The van der Waals surface area contributed by atoms with Crippen LogP contribution in [0, 0.1) is 0 Å². The number of ether oxygens (including phenoxy) is 1. The monoisotopic (exact) mass is 371 g/mol. The van der Waals surface area contributed by atoms with Gasteiger partial charge in [0.15, 0.2) is 0 Å². The average molecular weight is 371 g/mol. The van der Waals surface area contributed by atoms with Gasteiger partial charge in [0.1, 0.15) is 17.1 Å². The summed E-state index contributed by atoms with van der Waals surface area (Å²) >= 11 is 0. The summed E-state index contributed by atoms with van der Waals surface area (Å²) in [6.07, 6.45) is 6.40. The van der Waals surface area contributed by atoms with Crippen LogP contribution in [0.25, 0.3) is 27.4 Å². The number of methoxy groups -OCH3 is 1. The third kappa shape index (κ3) is 2.99. The van der Waals surface area contributed by atoms with E-state index in [1.165, 1.54) is 48.3 Å². The van der Waals surface area contributed by atoms with Crippen LogP contribution < -0.4 is 10.1 Å². The first-order chi connectivity index (χ1) is 13.8. The number of nitrogens with one attached hydrogen (secondary N) is 1. The molecule has 1 saturated carbocycles. The molecule has 28 heavy (non-hydrogen) atoms. The van der Waals surface area contributed by atoms with Crippen LogP contribution in [-0.4, -0.2) is 22.9 Å². The van der Waals surface area contributed by atoms with Crippen molar-refractivity contribution in [1.82, 2.24) is 9.78 Å². The zero-order valence-corrected chi connectivity index (χ0v) is 16.2. The van der Waals surface area contributed by atoms with E-state index in [1.54, 1.807) is 7.11 Å². The minimum absolute atomic E-state index is 0.511. The summed E-state index contributed by atoms with van der Waals surface area (Å²) in [5.74, 6) is 1.95. The van der Waals surface area contributed by atoms with Gasteiger partial charge >= 0.3 is 0 Å². The highest BCUT2D eigenvalue weighted by molar-refractivity contribution is 6.09. The Morgan fingerprint density at radius 3 is 2.46 bits per heavy atom. The van der Waals surface area contributed by atoms with Crippen LogP contribution in [0.15, 0.2) is 60.7 Å². The Hall–Kier alpha value is -3.01. The Morgan fingerprint density at radius 1 is 0.893 bits per heavy atom. The molecule has 3 aromatic carbocycles. The number of nitrogens with zero attached hydrogens (tertiary/aromatic N) is 2. The number of aromatic nitrogens is 2. The molecule has 0 saturated heterocycles. The number of anilines is 1. The highest BCUT2D eigenvalue weighted by Crippen LogP contribution is 2.34. The van der Waals surface area contributed by atoms with Crippen LogP contribution in [-0.2, 0) is 0 Å². The molecule has 4 nitrogen and oxygen atoms in total. The van der Waals surface area contributed by atoms with Crippen molar-refractivity contribution >= 4 is 27.5 Å². The molecular formula is C24H25N3O. The van der Waals surface area contributed by atoms with E-state index >= 15 is 0 Å². The van der Waals surface area contributed by atoms with Crippen molar-refractivity contribution < 1.29 is 4.74 Å². The fourth-order valence-corrected chi connectivity index (χ4v) is 4.31. The smallest absolute Gasteiger partial charge is 0.137 e. The van der Waals surface area contributed by atoms with Gasteiger partial charge in [-0.15, -0.1) is 0 Å².